The molecule has 5 heteroatoms. The van der Waals surface area contributed by atoms with Gasteiger partial charge >= 0.3 is 0 Å². The number of thioether (sulfide) groups is 1. The average molecular weight is 268 g/mol. The van der Waals surface area contributed by atoms with E-state index in [2.05, 4.69) is 0 Å². The second-order valence-electron chi connectivity index (χ2n) is 4.47. The number of hydrogen-bond donors (Lipinski definition) is 1. The zero-order chi connectivity index (χ0) is 13.1. The molecule has 0 spiro atoms. The molecule has 0 aliphatic carbocycles. The predicted octanol–water partition coefficient (Wildman–Crippen LogP) is 2.51. The lowest BCUT2D eigenvalue weighted by molar-refractivity contribution is -0.129. The highest BCUT2D eigenvalue weighted by Crippen LogP contribution is 2.30. The lowest BCUT2D eigenvalue weighted by atomic mass is 10.3. The summed E-state index contributed by atoms with van der Waals surface area (Å²) in [4.78, 5) is 14.8. The van der Waals surface area contributed by atoms with E-state index in [1.807, 2.05) is 11.8 Å². The number of anilines is 1. The van der Waals surface area contributed by atoms with Gasteiger partial charge in [0.2, 0.25) is 5.91 Å². The van der Waals surface area contributed by atoms with Crippen LogP contribution in [0.15, 0.2) is 23.1 Å². The van der Waals surface area contributed by atoms with Crippen molar-refractivity contribution in [3.63, 3.8) is 0 Å². The fourth-order valence-electron chi connectivity index (χ4n) is 2.06. The molecule has 0 aromatic heterocycles. The molecule has 2 rings (SSSR count). The third-order valence-corrected chi connectivity index (χ3v) is 4.22. The van der Waals surface area contributed by atoms with Crippen molar-refractivity contribution in [1.82, 2.24) is 4.90 Å². The van der Waals surface area contributed by atoms with Crippen LogP contribution >= 0.6 is 11.8 Å². The van der Waals surface area contributed by atoms with Crippen LogP contribution in [0, 0.1) is 5.82 Å². The lowest BCUT2D eigenvalue weighted by Crippen LogP contribution is -2.34. The average Bonchev–Trinajstić information content (AvgIpc) is 2.85. The van der Waals surface area contributed by atoms with Gasteiger partial charge in [0.15, 0.2) is 0 Å². The van der Waals surface area contributed by atoms with E-state index in [4.69, 9.17) is 5.73 Å². The van der Waals surface area contributed by atoms with Crippen LogP contribution in [0.5, 0.6) is 0 Å². The molecule has 1 fully saturated rings. The van der Waals surface area contributed by atoms with Gasteiger partial charge in [0.25, 0.3) is 0 Å². The molecule has 0 bridgehead atoms. The van der Waals surface area contributed by atoms with Crippen molar-refractivity contribution in [3.05, 3.63) is 24.0 Å². The van der Waals surface area contributed by atoms with Gasteiger partial charge in [-0.1, -0.05) is 0 Å². The number of nitrogen functional groups attached to an aromatic ring is 1. The number of nitrogens with two attached hydrogens (primary N) is 1. The molecule has 1 saturated heterocycles. The van der Waals surface area contributed by atoms with Crippen molar-refractivity contribution < 1.29 is 9.18 Å². The Bertz CT molecular complexity index is 447. The first kappa shape index (κ1) is 13.2. The Morgan fingerprint density at radius 2 is 2.11 bits per heavy atom. The lowest BCUT2D eigenvalue weighted by Gasteiger charge is -2.20. The van der Waals surface area contributed by atoms with E-state index in [0.29, 0.717) is 5.69 Å². The number of halogens is 1. The first-order valence-electron chi connectivity index (χ1n) is 6.08. The molecule has 1 heterocycles. The summed E-state index contributed by atoms with van der Waals surface area (Å²) in [5, 5.41) is -0.184. The van der Waals surface area contributed by atoms with Crippen molar-refractivity contribution in [3.8, 4) is 0 Å². The highest BCUT2D eigenvalue weighted by atomic mass is 32.2. The zero-order valence-corrected chi connectivity index (χ0v) is 11.2. The normalized spacial score (nSPS) is 16.9. The first-order chi connectivity index (χ1) is 8.58. The van der Waals surface area contributed by atoms with Gasteiger partial charge in [0, 0.05) is 23.7 Å². The summed E-state index contributed by atoms with van der Waals surface area (Å²) >= 11 is 1.39. The van der Waals surface area contributed by atoms with Crippen molar-refractivity contribution >= 4 is 23.4 Å². The molecular formula is C13H17FN2OS. The number of hydrogen-bond acceptors (Lipinski definition) is 3. The molecule has 1 aliphatic heterocycles. The molecule has 2 N–H and O–H groups in total. The van der Waals surface area contributed by atoms with E-state index in [9.17, 15) is 9.18 Å². The third-order valence-electron chi connectivity index (χ3n) is 3.04. The molecule has 98 valence electrons. The van der Waals surface area contributed by atoms with Gasteiger partial charge in [-0.15, -0.1) is 11.8 Å². The van der Waals surface area contributed by atoms with Crippen LogP contribution in [0.3, 0.4) is 0 Å². The quantitative estimate of drug-likeness (QED) is 0.677. The number of carbonyl (C=O) groups is 1. The Morgan fingerprint density at radius 1 is 1.44 bits per heavy atom. The third kappa shape index (κ3) is 2.96. The number of benzene rings is 1. The summed E-state index contributed by atoms with van der Waals surface area (Å²) in [7, 11) is 0. The molecule has 1 aromatic carbocycles. The second kappa shape index (κ2) is 5.61. The highest BCUT2D eigenvalue weighted by molar-refractivity contribution is 8.00. The Morgan fingerprint density at radius 3 is 2.72 bits per heavy atom. The molecule has 0 radical (unpaired) electrons. The van der Waals surface area contributed by atoms with E-state index < -0.39 is 0 Å². The molecule has 1 atom stereocenters. The number of carbonyl (C=O) groups excluding carboxylic acids is 1. The minimum absolute atomic E-state index is 0.140. The summed E-state index contributed by atoms with van der Waals surface area (Å²) in [6.07, 6.45) is 2.17. The van der Waals surface area contributed by atoms with Crippen LogP contribution in [0.1, 0.15) is 19.8 Å². The Labute approximate surface area is 111 Å². The van der Waals surface area contributed by atoms with Crippen LogP contribution < -0.4 is 5.73 Å². The molecule has 1 unspecified atom stereocenters. The van der Waals surface area contributed by atoms with Crippen molar-refractivity contribution in [1.29, 1.82) is 0 Å². The van der Waals surface area contributed by atoms with Crippen molar-refractivity contribution in [2.45, 2.75) is 29.9 Å². The molecule has 1 aliphatic rings. The van der Waals surface area contributed by atoms with Gasteiger partial charge in [-0.3, -0.25) is 4.79 Å². The summed E-state index contributed by atoms with van der Waals surface area (Å²) in [6, 6.07) is 4.28. The fraction of sp³-hybridized carbons (Fsp3) is 0.462. The summed E-state index contributed by atoms with van der Waals surface area (Å²) in [5.74, 6) is -0.211. The maximum atomic E-state index is 12.9. The molecule has 1 aromatic rings. The largest absolute Gasteiger partial charge is 0.398 e. The zero-order valence-electron chi connectivity index (χ0n) is 10.4. The van der Waals surface area contributed by atoms with Gasteiger partial charge in [-0.05, 0) is 38.0 Å². The Kier molecular flexibility index (Phi) is 4.11. The fourth-order valence-corrected chi connectivity index (χ4v) is 3.03. The maximum Gasteiger partial charge on any atom is 0.235 e. The molecule has 0 saturated carbocycles. The van der Waals surface area contributed by atoms with E-state index in [-0.39, 0.29) is 17.0 Å². The summed E-state index contributed by atoms with van der Waals surface area (Å²) in [6.45, 7) is 3.57. The molecule has 3 nitrogen and oxygen atoms in total. The predicted molar refractivity (Wildman–Crippen MR) is 71.9 cm³/mol. The van der Waals surface area contributed by atoms with Gasteiger partial charge in [-0.2, -0.15) is 0 Å². The minimum Gasteiger partial charge on any atom is -0.398 e. The van der Waals surface area contributed by atoms with Gasteiger partial charge in [0.1, 0.15) is 5.82 Å². The number of nitrogens with zero attached hydrogens (tertiary/aromatic N) is 1. The van der Waals surface area contributed by atoms with Crippen molar-refractivity contribution in [2.75, 3.05) is 18.8 Å². The maximum absolute atomic E-state index is 12.9. The van der Waals surface area contributed by atoms with Crippen LogP contribution in [0.25, 0.3) is 0 Å². The van der Waals surface area contributed by atoms with Crippen LogP contribution in [-0.2, 0) is 4.79 Å². The first-order valence-corrected chi connectivity index (χ1v) is 6.96. The minimum atomic E-state index is -0.352. The Balaban J connectivity index is 2.01. The number of rotatable bonds is 3. The van der Waals surface area contributed by atoms with E-state index in [1.165, 1.54) is 23.9 Å². The Hall–Kier alpha value is -1.23. The highest BCUT2D eigenvalue weighted by Gasteiger charge is 2.24. The van der Waals surface area contributed by atoms with Crippen LogP contribution in [-0.4, -0.2) is 29.1 Å². The topological polar surface area (TPSA) is 46.3 Å². The van der Waals surface area contributed by atoms with Crippen LogP contribution in [0.2, 0.25) is 0 Å². The monoisotopic (exact) mass is 268 g/mol. The van der Waals surface area contributed by atoms with Gasteiger partial charge < -0.3 is 10.6 Å². The van der Waals surface area contributed by atoms with E-state index in [1.54, 1.807) is 6.07 Å². The molecular weight excluding hydrogens is 251 g/mol. The van der Waals surface area contributed by atoms with Crippen molar-refractivity contribution in [2.24, 2.45) is 0 Å². The summed E-state index contributed by atoms with van der Waals surface area (Å²) < 4.78 is 12.9. The van der Waals surface area contributed by atoms with Crippen LogP contribution in [0.4, 0.5) is 10.1 Å². The SMILES string of the molecule is CC(Sc1ccc(F)cc1N)C(=O)N1CCCC1. The molecule has 18 heavy (non-hydrogen) atoms. The second-order valence-corrected chi connectivity index (χ2v) is 5.86. The van der Waals surface area contributed by atoms with E-state index >= 15 is 0 Å². The number of amides is 1. The van der Waals surface area contributed by atoms with Gasteiger partial charge in [-0.25, -0.2) is 4.39 Å². The standard InChI is InChI=1S/C13H17FN2OS/c1-9(13(17)16-6-2-3-7-16)18-12-5-4-10(14)8-11(12)15/h4-5,8-9H,2-3,6-7,15H2,1H3. The van der Waals surface area contributed by atoms with E-state index in [0.717, 1.165) is 30.8 Å². The number of likely N-dealkylation sites (tertiary alicyclic amines) is 1. The molecule has 1 amide bonds. The van der Waals surface area contributed by atoms with Gasteiger partial charge in [0.05, 0.1) is 5.25 Å². The smallest absolute Gasteiger partial charge is 0.235 e. The summed E-state index contributed by atoms with van der Waals surface area (Å²) in [5.41, 5.74) is 6.13.